The SMILES string of the molecule is Cc1nc(N2C[C@H]3CN(C(=O)c4cc(C)on4)C[C@@]3(CO)C2)n(C)n1. The van der Waals surface area contributed by atoms with Gasteiger partial charge >= 0.3 is 0 Å². The summed E-state index contributed by atoms with van der Waals surface area (Å²) in [5.74, 6) is 2.20. The maximum atomic E-state index is 12.6. The second-order valence-electron chi connectivity index (χ2n) is 7.19. The fourth-order valence-electron chi connectivity index (χ4n) is 4.12. The van der Waals surface area contributed by atoms with Gasteiger partial charge in [0.25, 0.3) is 5.91 Å². The molecule has 0 unspecified atom stereocenters. The highest BCUT2D eigenvalue weighted by atomic mass is 16.5. The second kappa shape index (κ2) is 5.55. The van der Waals surface area contributed by atoms with Crippen LogP contribution < -0.4 is 4.90 Å². The molecule has 2 fully saturated rings. The number of rotatable bonds is 3. The lowest BCUT2D eigenvalue weighted by Crippen LogP contribution is -2.39. The number of hydrogen-bond acceptors (Lipinski definition) is 7. The van der Waals surface area contributed by atoms with E-state index < -0.39 is 0 Å². The summed E-state index contributed by atoms with van der Waals surface area (Å²) in [6.07, 6.45) is 0. The van der Waals surface area contributed by atoms with Gasteiger partial charge in [0, 0.05) is 50.6 Å². The maximum Gasteiger partial charge on any atom is 0.276 e. The van der Waals surface area contributed by atoms with E-state index in [1.807, 2.05) is 14.0 Å². The highest BCUT2D eigenvalue weighted by molar-refractivity contribution is 5.92. The molecule has 9 nitrogen and oxygen atoms in total. The van der Waals surface area contributed by atoms with Crippen molar-refractivity contribution in [3.8, 4) is 0 Å². The van der Waals surface area contributed by atoms with Crippen molar-refractivity contribution in [1.29, 1.82) is 0 Å². The second-order valence-corrected chi connectivity index (χ2v) is 7.19. The highest BCUT2D eigenvalue weighted by Crippen LogP contribution is 2.43. The van der Waals surface area contributed by atoms with E-state index in [2.05, 4.69) is 20.1 Å². The first-order valence-electron chi connectivity index (χ1n) is 8.38. The van der Waals surface area contributed by atoms with Crippen molar-refractivity contribution >= 4 is 11.9 Å². The van der Waals surface area contributed by atoms with Crippen molar-refractivity contribution in [1.82, 2.24) is 24.8 Å². The van der Waals surface area contributed by atoms with Crippen LogP contribution in [0, 0.1) is 25.2 Å². The van der Waals surface area contributed by atoms with Crippen LogP contribution in [-0.4, -0.2) is 68.6 Å². The molecule has 1 amide bonds. The van der Waals surface area contributed by atoms with E-state index >= 15 is 0 Å². The lowest BCUT2D eigenvalue weighted by molar-refractivity contribution is 0.0738. The Bertz CT molecular complexity index is 815. The molecule has 0 bridgehead atoms. The summed E-state index contributed by atoms with van der Waals surface area (Å²) in [4.78, 5) is 21.1. The zero-order chi connectivity index (χ0) is 17.8. The number of aryl methyl sites for hydroxylation is 3. The van der Waals surface area contributed by atoms with E-state index in [-0.39, 0.29) is 23.8 Å². The van der Waals surface area contributed by atoms with Crippen LogP contribution in [0.1, 0.15) is 22.1 Å². The summed E-state index contributed by atoms with van der Waals surface area (Å²) in [6.45, 7) is 6.16. The van der Waals surface area contributed by atoms with E-state index in [9.17, 15) is 9.90 Å². The molecule has 4 rings (SSSR count). The highest BCUT2D eigenvalue weighted by Gasteiger charge is 2.54. The Morgan fingerprint density at radius 1 is 1.40 bits per heavy atom. The number of carbonyl (C=O) groups excluding carboxylic acids is 1. The Morgan fingerprint density at radius 2 is 2.20 bits per heavy atom. The molecule has 2 atom stereocenters. The molecule has 25 heavy (non-hydrogen) atoms. The van der Waals surface area contributed by atoms with Crippen molar-refractivity contribution in [2.24, 2.45) is 18.4 Å². The summed E-state index contributed by atoms with van der Waals surface area (Å²) in [7, 11) is 1.87. The summed E-state index contributed by atoms with van der Waals surface area (Å²) in [5, 5.41) is 18.2. The maximum absolute atomic E-state index is 12.6. The van der Waals surface area contributed by atoms with Crippen LogP contribution in [-0.2, 0) is 7.05 Å². The Kier molecular flexibility index (Phi) is 3.57. The van der Waals surface area contributed by atoms with Crippen LogP contribution in [0.5, 0.6) is 0 Å². The standard InChI is InChI=1S/C16H22N6O3/c1-10-4-13(19-25-10)14(24)21-5-12-6-22(8-16(12,7-21)9-23)15-17-11(2)18-20(15)3/h4,12,23H,5-9H2,1-3H3/t12-,16+/m1/s1. The van der Waals surface area contributed by atoms with Crippen LogP contribution >= 0.6 is 0 Å². The number of fused-ring (bicyclic) bond motifs is 1. The number of aromatic nitrogens is 4. The minimum absolute atomic E-state index is 0.0343. The van der Waals surface area contributed by atoms with Crippen LogP contribution in [0.3, 0.4) is 0 Å². The fourth-order valence-corrected chi connectivity index (χ4v) is 4.12. The molecule has 4 heterocycles. The molecule has 1 N–H and O–H groups in total. The smallest absolute Gasteiger partial charge is 0.276 e. The molecule has 134 valence electrons. The van der Waals surface area contributed by atoms with Crippen LogP contribution in [0.15, 0.2) is 10.6 Å². The summed E-state index contributed by atoms with van der Waals surface area (Å²) in [6, 6.07) is 1.65. The number of anilines is 1. The van der Waals surface area contributed by atoms with Gasteiger partial charge in [0.1, 0.15) is 11.6 Å². The molecule has 0 radical (unpaired) electrons. The predicted octanol–water partition coefficient (Wildman–Crippen LogP) is -0.00916. The van der Waals surface area contributed by atoms with E-state index in [1.54, 1.807) is 22.6 Å². The Morgan fingerprint density at radius 3 is 2.76 bits per heavy atom. The summed E-state index contributed by atoms with van der Waals surface area (Å²) in [5.41, 5.74) is -0.0137. The van der Waals surface area contributed by atoms with Gasteiger partial charge in [-0.3, -0.25) is 4.79 Å². The molecule has 2 saturated heterocycles. The Hall–Kier alpha value is -2.42. The number of amides is 1. The van der Waals surface area contributed by atoms with Gasteiger partial charge in [0.05, 0.1) is 6.61 Å². The number of carbonyl (C=O) groups is 1. The third-order valence-corrected chi connectivity index (χ3v) is 5.34. The third-order valence-electron chi connectivity index (χ3n) is 5.34. The molecule has 9 heteroatoms. The number of aliphatic hydroxyl groups is 1. The van der Waals surface area contributed by atoms with Crippen molar-refractivity contribution in [2.45, 2.75) is 13.8 Å². The third kappa shape index (κ3) is 2.50. The van der Waals surface area contributed by atoms with Crippen molar-refractivity contribution < 1.29 is 14.4 Å². The first-order chi connectivity index (χ1) is 11.9. The molecule has 0 aliphatic carbocycles. The number of nitrogens with zero attached hydrogens (tertiary/aromatic N) is 6. The van der Waals surface area contributed by atoms with E-state index in [4.69, 9.17) is 4.52 Å². The van der Waals surface area contributed by atoms with Crippen LogP contribution in [0.4, 0.5) is 5.95 Å². The average molecular weight is 346 g/mol. The molecular formula is C16H22N6O3. The zero-order valence-electron chi connectivity index (χ0n) is 14.6. The van der Waals surface area contributed by atoms with Crippen LogP contribution in [0.25, 0.3) is 0 Å². The summed E-state index contributed by atoms with van der Waals surface area (Å²) < 4.78 is 6.77. The number of aliphatic hydroxyl groups excluding tert-OH is 1. The molecule has 0 spiro atoms. The van der Waals surface area contributed by atoms with Gasteiger partial charge in [-0.2, -0.15) is 10.1 Å². The molecule has 2 aliphatic heterocycles. The number of hydrogen-bond donors (Lipinski definition) is 1. The predicted molar refractivity (Wildman–Crippen MR) is 88.1 cm³/mol. The van der Waals surface area contributed by atoms with Gasteiger partial charge in [-0.05, 0) is 13.8 Å². The van der Waals surface area contributed by atoms with Gasteiger partial charge in [0.15, 0.2) is 5.69 Å². The minimum Gasteiger partial charge on any atom is -0.396 e. The van der Waals surface area contributed by atoms with Crippen LogP contribution in [0.2, 0.25) is 0 Å². The monoisotopic (exact) mass is 346 g/mol. The van der Waals surface area contributed by atoms with Gasteiger partial charge in [-0.15, -0.1) is 0 Å². The van der Waals surface area contributed by atoms with E-state index in [0.29, 0.717) is 31.1 Å². The molecule has 2 aliphatic rings. The molecule has 0 aromatic carbocycles. The summed E-state index contributed by atoms with van der Waals surface area (Å²) >= 11 is 0. The minimum atomic E-state index is -0.339. The first kappa shape index (κ1) is 16.1. The van der Waals surface area contributed by atoms with E-state index in [1.165, 1.54) is 0 Å². The molecular weight excluding hydrogens is 324 g/mol. The topological polar surface area (TPSA) is 101 Å². The van der Waals surface area contributed by atoms with E-state index in [0.717, 1.165) is 18.3 Å². The molecule has 2 aromatic heterocycles. The zero-order valence-corrected chi connectivity index (χ0v) is 14.6. The van der Waals surface area contributed by atoms with Gasteiger partial charge in [-0.25, -0.2) is 4.68 Å². The lowest BCUT2D eigenvalue weighted by atomic mass is 9.82. The molecule has 0 saturated carbocycles. The van der Waals surface area contributed by atoms with Crippen molar-refractivity contribution in [2.75, 3.05) is 37.7 Å². The first-order valence-corrected chi connectivity index (χ1v) is 8.38. The van der Waals surface area contributed by atoms with Gasteiger partial charge < -0.3 is 19.4 Å². The van der Waals surface area contributed by atoms with Crippen molar-refractivity contribution in [3.63, 3.8) is 0 Å². The average Bonchev–Trinajstić information content (AvgIpc) is 3.28. The van der Waals surface area contributed by atoms with Gasteiger partial charge in [0.2, 0.25) is 5.95 Å². The Balaban J connectivity index is 1.53. The number of likely N-dealkylation sites (tertiary alicyclic amines) is 1. The molecule has 2 aromatic rings. The van der Waals surface area contributed by atoms with Crippen molar-refractivity contribution in [3.05, 3.63) is 23.3 Å². The quantitative estimate of drug-likeness (QED) is 0.834. The Labute approximate surface area is 145 Å². The fraction of sp³-hybridized carbons (Fsp3) is 0.625. The lowest BCUT2D eigenvalue weighted by Gasteiger charge is -2.27. The van der Waals surface area contributed by atoms with Gasteiger partial charge in [-0.1, -0.05) is 5.16 Å². The normalized spacial score (nSPS) is 25.7. The largest absolute Gasteiger partial charge is 0.396 e.